The highest BCUT2D eigenvalue weighted by atomic mass is 16.6. The van der Waals surface area contributed by atoms with Crippen LogP contribution in [0.4, 0.5) is 5.69 Å². The predicted octanol–water partition coefficient (Wildman–Crippen LogP) is 2.22. The Morgan fingerprint density at radius 2 is 1.92 bits per heavy atom. The minimum atomic E-state index is -0.521. The van der Waals surface area contributed by atoms with Crippen molar-refractivity contribution in [3.63, 3.8) is 0 Å². The zero-order valence-corrected chi connectivity index (χ0v) is 12.8. The second-order valence-electron chi connectivity index (χ2n) is 4.79. The number of non-ortho nitro benzene ring substituents is 1. The maximum Gasteiger partial charge on any atom is 0.277 e. The molecule has 124 valence electrons. The fourth-order valence-corrected chi connectivity index (χ4v) is 1.83. The lowest BCUT2D eigenvalue weighted by Crippen LogP contribution is -2.25. The van der Waals surface area contributed by atoms with Crippen molar-refractivity contribution in [2.75, 3.05) is 6.61 Å². The first-order valence-electron chi connectivity index (χ1n) is 6.96. The molecule has 0 spiro atoms. The van der Waals surface area contributed by atoms with Gasteiger partial charge in [-0.05, 0) is 31.2 Å². The Bertz CT molecular complexity index is 772. The zero-order valence-electron chi connectivity index (χ0n) is 12.8. The van der Waals surface area contributed by atoms with Crippen LogP contribution >= 0.6 is 0 Å². The third-order valence-electron chi connectivity index (χ3n) is 3.06. The summed E-state index contributed by atoms with van der Waals surface area (Å²) in [6, 6.07) is 12.0. The average molecular weight is 329 g/mol. The van der Waals surface area contributed by atoms with Crippen LogP contribution in [-0.4, -0.2) is 28.3 Å². The number of nitro groups is 1. The van der Waals surface area contributed by atoms with Gasteiger partial charge in [-0.3, -0.25) is 14.9 Å². The van der Waals surface area contributed by atoms with E-state index in [0.717, 1.165) is 0 Å². The minimum absolute atomic E-state index is 0.0605. The first-order valence-corrected chi connectivity index (χ1v) is 6.96. The largest absolute Gasteiger partial charge is 0.507 e. The smallest absolute Gasteiger partial charge is 0.277 e. The number of nitrogens with zero attached hydrogens (tertiary/aromatic N) is 2. The van der Waals surface area contributed by atoms with Gasteiger partial charge in [0.2, 0.25) is 0 Å². The van der Waals surface area contributed by atoms with Crippen LogP contribution in [0.25, 0.3) is 0 Å². The number of hydrogen-bond donors (Lipinski definition) is 2. The number of carbonyl (C=O) groups is 1. The third-order valence-corrected chi connectivity index (χ3v) is 3.06. The summed E-state index contributed by atoms with van der Waals surface area (Å²) in [6.45, 7) is 1.35. The predicted molar refractivity (Wildman–Crippen MR) is 87.1 cm³/mol. The van der Waals surface area contributed by atoms with Crippen molar-refractivity contribution in [2.45, 2.75) is 6.92 Å². The number of rotatable bonds is 6. The molecule has 2 N–H and O–H groups in total. The summed E-state index contributed by atoms with van der Waals surface area (Å²) in [6.07, 6.45) is 0. The highest BCUT2D eigenvalue weighted by Crippen LogP contribution is 2.17. The number of phenolic OH excluding ortho intramolecular Hbond substituents is 1. The van der Waals surface area contributed by atoms with E-state index in [-0.39, 0.29) is 18.0 Å². The van der Waals surface area contributed by atoms with E-state index < -0.39 is 10.8 Å². The number of aromatic hydroxyl groups is 1. The summed E-state index contributed by atoms with van der Waals surface area (Å²) in [5, 5.41) is 24.1. The number of para-hydroxylation sites is 1. The summed E-state index contributed by atoms with van der Waals surface area (Å²) in [5.41, 5.74) is 3.20. The molecule has 0 bridgehead atoms. The first kappa shape index (κ1) is 16.9. The molecular weight excluding hydrogens is 314 g/mol. The van der Waals surface area contributed by atoms with E-state index >= 15 is 0 Å². The summed E-state index contributed by atoms with van der Waals surface area (Å²) in [5.74, 6) is -0.101. The van der Waals surface area contributed by atoms with Crippen LogP contribution < -0.4 is 10.2 Å². The molecule has 0 aromatic heterocycles. The van der Waals surface area contributed by atoms with Crippen LogP contribution in [0, 0.1) is 10.1 Å². The second-order valence-corrected chi connectivity index (χ2v) is 4.79. The zero-order chi connectivity index (χ0) is 17.5. The monoisotopic (exact) mass is 329 g/mol. The van der Waals surface area contributed by atoms with E-state index in [9.17, 15) is 20.0 Å². The second kappa shape index (κ2) is 7.73. The van der Waals surface area contributed by atoms with E-state index in [1.54, 1.807) is 25.1 Å². The fraction of sp³-hybridized carbons (Fsp3) is 0.125. The van der Waals surface area contributed by atoms with Gasteiger partial charge >= 0.3 is 0 Å². The summed E-state index contributed by atoms with van der Waals surface area (Å²) >= 11 is 0. The number of carbonyl (C=O) groups excluding carboxylic acids is 1. The van der Waals surface area contributed by atoms with E-state index in [1.165, 1.54) is 30.3 Å². The van der Waals surface area contributed by atoms with Crippen LogP contribution in [-0.2, 0) is 4.79 Å². The normalized spacial score (nSPS) is 11.0. The number of ether oxygens (including phenoxy) is 1. The number of hydrogen-bond acceptors (Lipinski definition) is 6. The van der Waals surface area contributed by atoms with Crippen molar-refractivity contribution < 1.29 is 19.6 Å². The molecule has 8 heteroatoms. The van der Waals surface area contributed by atoms with Crippen molar-refractivity contribution in [1.82, 2.24) is 5.43 Å². The number of amides is 1. The molecule has 0 aliphatic heterocycles. The van der Waals surface area contributed by atoms with E-state index in [1.807, 2.05) is 0 Å². The van der Waals surface area contributed by atoms with Crippen molar-refractivity contribution in [2.24, 2.45) is 5.10 Å². The number of phenols is 1. The van der Waals surface area contributed by atoms with Crippen molar-refractivity contribution in [3.05, 3.63) is 64.2 Å². The molecule has 0 unspecified atom stereocenters. The van der Waals surface area contributed by atoms with Gasteiger partial charge in [-0.25, -0.2) is 5.43 Å². The summed E-state index contributed by atoms with van der Waals surface area (Å²) in [7, 11) is 0. The van der Waals surface area contributed by atoms with Gasteiger partial charge in [-0.15, -0.1) is 0 Å². The Labute approximate surface area is 137 Å². The standard InChI is InChI=1S/C16H15N3O5/c1-11(14-4-2-3-5-15(14)20)17-18-16(21)10-24-13-8-6-12(7-9-13)19(22)23/h2-9,20H,10H2,1H3,(H,18,21). The number of benzene rings is 2. The molecule has 0 radical (unpaired) electrons. The lowest BCUT2D eigenvalue weighted by molar-refractivity contribution is -0.384. The van der Waals surface area contributed by atoms with Crippen LogP contribution in [0.1, 0.15) is 12.5 Å². The Kier molecular flexibility index (Phi) is 5.45. The summed E-state index contributed by atoms with van der Waals surface area (Å²) in [4.78, 5) is 21.7. The molecule has 0 fully saturated rings. The molecule has 0 saturated carbocycles. The van der Waals surface area contributed by atoms with E-state index in [0.29, 0.717) is 17.0 Å². The van der Waals surface area contributed by atoms with E-state index in [2.05, 4.69) is 10.5 Å². The van der Waals surface area contributed by atoms with Gasteiger partial charge in [-0.2, -0.15) is 5.10 Å². The van der Waals surface area contributed by atoms with Gasteiger partial charge in [0.1, 0.15) is 11.5 Å². The van der Waals surface area contributed by atoms with Gasteiger partial charge in [0.05, 0.1) is 10.6 Å². The van der Waals surface area contributed by atoms with E-state index in [4.69, 9.17) is 4.74 Å². The molecule has 0 aliphatic rings. The van der Waals surface area contributed by atoms with Gasteiger partial charge in [0, 0.05) is 17.7 Å². The molecule has 0 atom stereocenters. The number of nitro benzene ring substituents is 1. The van der Waals surface area contributed by atoms with Crippen LogP contribution in [0.15, 0.2) is 53.6 Å². The molecule has 24 heavy (non-hydrogen) atoms. The van der Waals surface area contributed by atoms with Gasteiger partial charge < -0.3 is 9.84 Å². The van der Waals surface area contributed by atoms with Crippen LogP contribution in [0.5, 0.6) is 11.5 Å². The van der Waals surface area contributed by atoms with Gasteiger partial charge in [0.25, 0.3) is 11.6 Å². The molecule has 0 saturated heterocycles. The molecule has 8 nitrogen and oxygen atoms in total. The van der Waals surface area contributed by atoms with Crippen molar-refractivity contribution in [1.29, 1.82) is 0 Å². The Hall–Kier alpha value is -3.42. The molecule has 2 aromatic carbocycles. The molecule has 0 aliphatic carbocycles. The van der Waals surface area contributed by atoms with Crippen molar-refractivity contribution in [3.8, 4) is 11.5 Å². The quantitative estimate of drug-likeness (QED) is 0.479. The maximum atomic E-state index is 11.7. The first-order chi connectivity index (χ1) is 11.5. The summed E-state index contributed by atoms with van der Waals surface area (Å²) < 4.78 is 5.21. The Balaban J connectivity index is 1.88. The molecule has 0 heterocycles. The lowest BCUT2D eigenvalue weighted by Gasteiger charge is -2.06. The lowest BCUT2D eigenvalue weighted by atomic mass is 10.1. The van der Waals surface area contributed by atoms with Crippen LogP contribution in [0.3, 0.4) is 0 Å². The number of nitrogens with one attached hydrogen (secondary N) is 1. The Morgan fingerprint density at radius 3 is 2.54 bits per heavy atom. The van der Waals surface area contributed by atoms with Gasteiger partial charge in [-0.1, -0.05) is 12.1 Å². The SMILES string of the molecule is CC(=NNC(=O)COc1ccc([N+](=O)[O-])cc1)c1ccccc1O. The highest BCUT2D eigenvalue weighted by molar-refractivity contribution is 6.01. The Morgan fingerprint density at radius 1 is 1.25 bits per heavy atom. The molecular formula is C16H15N3O5. The highest BCUT2D eigenvalue weighted by Gasteiger charge is 2.07. The fourth-order valence-electron chi connectivity index (χ4n) is 1.83. The third kappa shape index (κ3) is 4.54. The van der Waals surface area contributed by atoms with Crippen molar-refractivity contribution >= 4 is 17.3 Å². The maximum absolute atomic E-state index is 11.7. The van der Waals surface area contributed by atoms with Gasteiger partial charge in [0.15, 0.2) is 6.61 Å². The molecule has 1 amide bonds. The topological polar surface area (TPSA) is 114 Å². The molecule has 2 aromatic rings. The molecule has 2 rings (SSSR count). The average Bonchev–Trinajstić information content (AvgIpc) is 2.58. The van der Waals surface area contributed by atoms with Crippen LogP contribution in [0.2, 0.25) is 0 Å². The minimum Gasteiger partial charge on any atom is -0.507 e. The number of hydrazone groups is 1.